The van der Waals surface area contributed by atoms with E-state index >= 15 is 0 Å². The van der Waals surface area contributed by atoms with Crippen molar-refractivity contribution in [3.63, 3.8) is 0 Å². The van der Waals surface area contributed by atoms with Gasteiger partial charge in [-0.05, 0) is 48.9 Å². The van der Waals surface area contributed by atoms with Gasteiger partial charge in [-0.1, -0.05) is 13.8 Å². The molecule has 2 aliphatic rings. The van der Waals surface area contributed by atoms with E-state index in [0.29, 0.717) is 11.3 Å². The van der Waals surface area contributed by atoms with Crippen molar-refractivity contribution >= 4 is 12.2 Å². The molecule has 2 amide bonds. The van der Waals surface area contributed by atoms with Crippen molar-refractivity contribution in [1.82, 2.24) is 5.43 Å². The van der Waals surface area contributed by atoms with Gasteiger partial charge in [-0.2, -0.15) is 5.10 Å². The molecule has 0 aromatic heterocycles. The van der Waals surface area contributed by atoms with Crippen molar-refractivity contribution < 1.29 is 4.79 Å². The van der Waals surface area contributed by atoms with Crippen LogP contribution in [0.2, 0.25) is 0 Å². The van der Waals surface area contributed by atoms with Gasteiger partial charge in [-0.25, -0.2) is 10.2 Å². The van der Waals surface area contributed by atoms with Crippen molar-refractivity contribution in [2.75, 3.05) is 0 Å². The number of amides is 2. The van der Waals surface area contributed by atoms with E-state index in [0.717, 1.165) is 18.3 Å². The van der Waals surface area contributed by atoms with Crippen molar-refractivity contribution in [3.05, 3.63) is 0 Å². The summed E-state index contributed by atoms with van der Waals surface area (Å²) in [6.45, 7) is 4.74. The molecule has 90 valence electrons. The monoisotopic (exact) mass is 223 g/mol. The molecular weight excluding hydrogens is 202 g/mol. The van der Waals surface area contributed by atoms with Crippen LogP contribution in [-0.4, -0.2) is 12.2 Å². The van der Waals surface area contributed by atoms with Crippen LogP contribution in [0.3, 0.4) is 0 Å². The second kappa shape index (κ2) is 4.07. The molecule has 0 unspecified atom stereocenters. The number of fused-ring (bicyclic) bond motifs is 2. The Morgan fingerprint density at radius 2 is 2.31 bits per heavy atom. The summed E-state index contributed by atoms with van der Waals surface area (Å²) in [4.78, 5) is 10.4. The number of hydrogen-bond donors (Lipinski definition) is 2. The molecule has 2 aliphatic carbocycles. The normalized spacial score (nSPS) is 35.8. The average molecular weight is 223 g/mol. The molecule has 3 N–H and O–H groups in total. The molecule has 0 saturated heterocycles. The number of nitrogens with one attached hydrogen (secondary N) is 1. The molecule has 2 saturated carbocycles. The zero-order chi connectivity index (χ0) is 11.8. The topological polar surface area (TPSA) is 67.5 Å². The van der Waals surface area contributed by atoms with Crippen LogP contribution < -0.4 is 11.2 Å². The van der Waals surface area contributed by atoms with Crippen LogP contribution in [0.15, 0.2) is 5.10 Å². The summed E-state index contributed by atoms with van der Waals surface area (Å²) in [5, 5.41) is 3.83. The van der Waals surface area contributed by atoms with Gasteiger partial charge in [0.2, 0.25) is 0 Å². The Labute approximate surface area is 96.7 Å². The zero-order valence-corrected chi connectivity index (χ0v) is 10.1. The molecule has 0 spiro atoms. The van der Waals surface area contributed by atoms with E-state index in [2.05, 4.69) is 24.4 Å². The third kappa shape index (κ3) is 1.93. The molecule has 0 aliphatic heterocycles. The van der Waals surface area contributed by atoms with Crippen molar-refractivity contribution in [2.24, 2.45) is 34.0 Å². The predicted octanol–water partition coefficient (Wildman–Crippen LogP) is 2.10. The third-order valence-electron chi connectivity index (χ3n) is 4.68. The SMILES string of the molecule is CC1(C)[C@@H]2CC[C@H](C2)[C@H]1C/C=N\NC(N)=O. The molecule has 2 fully saturated rings. The number of hydrogen-bond acceptors (Lipinski definition) is 2. The Balaban J connectivity index is 1.90. The Kier molecular flexibility index (Phi) is 2.91. The van der Waals surface area contributed by atoms with Gasteiger partial charge in [-0.3, -0.25) is 0 Å². The molecule has 4 nitrogen and oxygen atoms in total. The van der Waals surface area contributed by atoms with E-state index in [1.54, 1.807) is 6.21 Å². The van der Waals surface area contributed by atoms with Crippen LogP contribution in [0.4, 0.5) is 4.79 Å². The van der Waals surface area contributed by atoms with Crippen LogP contribution in [0.5, 0.6) is 0 Å². The lowest BCUT2D eigenvalue weighted by Gasteiger charge is -2.37. The maximum absolute atomic E-state index is 10.4. The van der Waals surface area contributed by atoms with Crippen molar-refractivity contribution in [1.29, 1.82) is 0 Å². The lowest BCUT2D eigenvalue weighted by molar-refractivity contribution is 0.129. The van der Waals surface area contributed by atoms with E-state index in [4.69, 9.17) is 5.73 Å². The Morgan fingerprint density at radius 3 is 2.88 bits per heavy atom. The quantitative estimate of drug-likeness (QED) is 0.558. The summed E-state index contributed by atoms with van der Waals surface area (Å²) in [5.74, 6) is 2.46. The molecule has 3 atom stereocenters. The first-order valence-electron chi connectivity index (χ1n) is 6.08. The first kappa shape index (κ1) is 11.4. The molecule has 16 heavy (non-hydrogen) atoms. The molecule has 0 heterocycles. The fourth-order valence-corrected chi connectivity index (χ4v) is 3.74. The van der Waals surface area contributed by atoms with Crippen LogP contribution in [0, 0.1) is 23.2 Å². The van der Waals surface area contributed by atoms with Crippen molar-refractivity contribution in [3.8, 4) is 0 Å². The number of carbonyl (C=O) groups excluding carboxylic acids is 1. The van der Waals surface area contributed by atoms with E-state index in [1.807, 2.05) is 0 Å². The van der Waals surface area contributed by atoms with Crippen LogP contribution in [0.25, 0.3) is 0 Å². The Hall–Kier alpha value is -1.06. The molecule has 0 radical (unpaired) electrons. The summed E-state index contributed by atoms with van der Waals surface area (Å²) in [6, 6.07) is -0.594. The highest BCUT2D eigenvalue weighted by Crippen LogP contribution is 2.60. The van der Waals surface area contributed by atoms with Gasteiger partial charge < -0.3 is 5.73 Å². The van der Waals surface area contributed by atoms with Crippen LogP contribution >= 0.6 is 0 Å². The number of nitrogens with two attached hydrogens (primary N) is 1. The third-order valence-corrected chi connectivity index (χ3v) is 4.68. The van der Waals surface area contributed by atoms with Gasteiger partial charge in [0, 0.05) is 6.21 Å². The van der Waals surface area contributed by atoms with E-state index < -0.39 is 6.03 Å². The Bertz CT molecular complexity index is 311. The minimum Gasteiger partial charge on any atom is -0.350 e. The van der Waals surface area contributed by atoms with Gasteiger partial charge in [-0.15, -0.1) is 0 Å². The van der Waals surface area contributed by atoms with E-state index in [-0.39, 0.29) is 0 Å². The number of rotatable bonds is 3. The maximum Gasteiger partial charge on any atom is 0.332 e. The average Bonchev–Trinajstić information content (AvgIpc) is 2.72. The highest BCUT2D eigenvalue weighted by molar-refractivity contribution is 5.72. The van der Waals surface area contributed by atoms with Gasteiger partial charge in [0.1, 0.15) is 0 Å². The first-order chi connectivity index (χ1) is 7.51. The maximum atomic E-state index is 10.4. The first-order valence-corrected chi connectivity index (χ1v) is 6.08. The largest absolute Gasteiger partial charge is 0.350 e. The van der Waals surface area contributed by atoms with Gasteiger partial charge >= 0.3 is 6.03 Å². The second-order valence-electron chi connectivity index (χ2n) is 5.72. The number of carbonyl (C=O) groups is 1. The minimum absolute atomic E-state index is 0.432. The van der Waals surface area contributed by atoms with Gasteiger partial charge in [0.15, 0.2) is 0 Å². The molecule has 4 heteroatoms. The summed E-state index contributed by atoms with van der Waals surface area (Å²) in [5.41, 5.74) is 7.62. The number of nitrogens with zero attached hydrogens (tertiary/aromatic N) is 1. The highest BCUT2D eigenvalue weighted by Gasteiger charge is 2.51. The molecule has 0 aromatic carbocycles. The Morgan fingerprint density at radius 1 is 1.56 bits per heavy atom. The van der Waals surface area contributed by atoms with Crippen LogP contribution in [-0.2, 0) is 0 Å². The van der Waals surface area contributed by atoms with Gasteiger partial charge in [0.25, 0.3) is 0 Å². The summed E-state index contributed by atoms with van der Waals surface area (Å²) in [7, 11) is 0. The molecule has 0 aromatic rings. The molecular formula is C12H21N3O. The number of urea groups is 1. The smallest absolute Gasteiger partial charge is 0.332 e. The van der Waals surface area contributed by atoms with Crippen molar-refractivity contribution in [2.45, 2.75) is 39.5 Å². The zero-order valence-electron chi connectivity index (χ0n) is 10.1. The lowest BCUT2D eigenvalue weighted by Crippen LogP contribution is -2.31. The number of hydrazone groups is 1. The minimum atomic E-state index is -0.594. The molecule has 2 bridgehead atoms. The lowest BCUT2D eigenvalue weighted by atomic mass is 9.68. The van der Waals surface area contributed by atoms with Crippen LogP contribution in [0.1, 0.15) is 39.5 Å². The van der Waals surface area contributed by atoms with E-state index in [1.165, 1.54) is 19.3 Å². The fourth-order valence-electron chi connectivity index (χ4n) is 3.74. The number of primary amides is 1. The highest BCUT2D eigenvalue weighted by atomic mass is 16.2. The standard InChI is InChI=1S/C12H21N3O/c1-12(2)9-4-3-8(7-9)10(12)5-6-14-15-11(13)16/h6,8-10H,3-5,7H2,1-2H3,(H3,13,15,16)/b14-6-/t8-,9-,10-/m1/s1. The summed E-state index contributed by atoms with van der Waals surface area (Å²) >= 11 is 0. The fraction of sp³-hybridized carbons (Fsp3) is 0.833. The molecule has 2 rings (SSSR count). The van der Waals surface area contributed by atoms with E-state index in [9.17, 15) is 4.79 Å². The predicted molar refractivity (Wildman–Crippen MR) is 63.9 cm³/mol. The summed E-state index contributed by atoms with van der Waals surface area (Å²) < 4.78 is 0. The van der Waals surface area contributed by atoms with Gasteiger partial charge in [0.05, 0.1) is 0 Å². The second-order valence-corrected chi connectivity index (χ2v) is 5.72. The summed E-state index contributed by atoms with van der Waals surface area (Å²) in [6.07, 6.45) is 6.90.